The van der Waals surface area contributed by atoms with Crippen LogP contribution in [0.15, 0.2) is 36.5 Å². The monoisotopic (exact) mass is 445 g/mol. The first kappa shape index (κ1) is 20.6. The molecule has 5 rings (SSSR count). The Morgan fingerprint density at radius 2 is 1.94 bits per heavy atom. The Labute approximate surface area is 180 Å². The van der Waals surface area contributed by atoms with E-state index in [1.165, 1.54) is 31.2 Å². The summed E-state index contributed by atoms with van der Waals surface area (Å²) in [4.78, 5) is 19.2. The fourth-order valence-electron chi connectivity index (χ4n) is 4.78. The molecule has 0 saturated carbocycles. The second kappa shape index (κ2) is 7.39. The van der Waals surface area contributed by atoms with Crippen molar-refractivity contribution in [2.45, 2.75) is 51.0 Å². The normalized spacial score (nSPS) is 20.2. The summed E-state index contributed by atoms with van der Waals surface area (Å²) in [6, 6.07) is 5.90. The summed E-state index contributed by atoms with van der Waals surface area (Å²) in [5.41, 5.74) is -0.369. The van der Waals surface area contributed by atoms with Crippen molar-refractivity contribution in [2.75, 3.05) is 0 Å². The van der Waals surface area contributed by atoms with Gasteiger partial charge in [-0.2, -0.15) is 13.2 Å². The molecular weight excluding hydrogens is 426 g/mol. The number of halogens is 4. The topological polar surface area (TPSA) is 63.9 Å². The zero-order chi connectivity index (χ0) is 22.6. The molecule has 2 bridgehead atoms. The number of nitrogens with zero attached hydrogens (tertiary/aromatic N) is 5. The van der Waals surface area contributed by atoms with Crippen LogP contribution < -0.4 is 0 Å². The van der Waals surface area contributed by atoms with Gasteiger partial charge in [0.2, 0.25) is 0 Å². The van der Waals surface area contributed by atoms with Gasteiger partial charge in [0.1, 0.15) is 11.5 Å². The Balaban J connectivity index is 1.54. The van der Waals surface area contributed by atoms with Gasteiger partial charge in [-0.25, -0.2) is 9.37 Å². The van der Waals surface area contributed by atoms with Crippen LogP contribution in [-0.2, 0) is 12.7 Å². The highest BCUT2D eigenvalue weighted by atomic mass is 19.4. The van der Waals surface area contributed by atoms with Crippen LogP contribution in [0.1, 0.15) is 52.6 Å². The van der Waals surface area contributed by atoms with Gasteiger partial charge in [0, 0.05) is 12.1 Å². The van der Waals surface area contributed by atoms with E-state index in [0.29, 0.717) is 36.7 Å². The van der Waals surface area contributed by atoms with Gasteiger partial charge in [-0.1, -0.05) is 6.07 Å². The first-order valence-electron chi connectivity index (χ1n) is 10.3. The van der Waals surface area contributed by atoms with Crippen LogP contribution in [0, 0.1) is 12.7 Å². The number of benzene rings is 1. The largest absolute Gasteiger partial charge is 0.416 e. The third-order valence-electron chi connectivity index (χ3n) is 6.28. The number of aromatic nitrogens is 4. The van der Waals surface area contributed by atoms with E-state index < -0.39 is 29.5 Å². The predicted molar refractivity (Wildman–Crippen MR) is 106 cm³/mol. The number of hydrogen-bond donors (Lipinski definition) is 0. The van der Waals surface area contributed by atoms with Crippen molar-refractivity contribution in [3.05, 3.63) is 64.9 Å². The first-order chi connectivity index (χ1) is 15.3. The minimum atomic E-state index is -4.53. The van der Waals surface area contributed by atoms with Crippen molar-refractivity contribution in [3.8, 4) is 11.5 Å². The Hall–Kier alpha value is -3.30. The van der Waals surface area contributed by atoms with Crippen LogP contribution in [0.3, 0.4) is 0 Å². The number of rotatable bonds is 2. The van der Waals surface area contributed by atoms with Gasteiger partial charge in [-0.15, -0.1) is 10.2 Å². The summed E-state index contributed by atoms with van der Waals surface area (Å²) in [5.74, 6) is 0.163. The lowest BCUT2D eigenvalue weighted by molar-refractivity contribution is -0.138. The molecule has 0 radical (unpaired) electrons. The van der Waals surface area contributed by atoms with Crippen molar-refractivity contribution >= 4 is 5.91 Å². The lowest BCUT2D eigenvalue weighted by Crippen LogP contribution is -2.52. The Kier molecular flexibility index (Phi) is 4.75. The van der Waals surface area contributed by atoms with Crippen LogP contribution in [0.2, 0.25) is 0 Å². The van der Waals surface area contributed by atoms with Crippen LogP contribution in [0.4, 0.5) is 17.6 Å². The molecule has 1 amide bonds. The Morgan fingerprint density at radius 1 is 1.12 bits per heavy atom. The van der Waals surface area contributed by atoms with Crippen LogP contribution >= 0.6 is 0 Å². The second-order valence-electron chi connectivity index (χ2n) is 8.14. The highest BCUT2D eigenvalue weighted by Gasteiger charge is 2.44. The molecule has 4 heterocycles. The number of carbonyl (C=O) groups excluding carboxylic acids is 1. The summed E-state index contributed by atoms with van der Waals surface area (Å²) < 4.78 is 55.3. The van der Waals surface area contributed by atoms with Gasteiger partial charge in [0.25, 0.3) is 5.91 Å². The smallest absolute Gasteiger partial charge is 0.324 e. The average Bonchev–Trinajstić information content (AvgIpc) is 3.16. The number of fused-ring (bicyclic) bond motifs is 4. The highest BCUT2D eigenvalue weighted by molar-refractivity contribution is 5.96. The molecule has 0 N–H and O–H groups in total. The van der Waals surface area contributed by atoms with E-state index in [4.69, 9.17) is 0 Å². The van der Waals surface area contributed by atoms with Crippen LogP contribution in [0.5, 0.6) is 0 Å². The number of hydrogen-bond acceptors (Lipinski definition) is 4. The van der Waals surface area contributed by atoms with Gasteiger partial charge >= 0.3 is 6.18 Å². The van der Waals surface area contributed by atoms with E-state index in [0.717, 1.165) is 18.7 Å². The van der Waals surface area contributed by atoms with Crippen molar-refractivity contribution < 1.29 is 22.4 Å². The molecule has 0 spiro atoms. The van der Waals surface area contributed by atoms with Crippen molar-refractivity contribution in [1.29, 1.82) is 0 Å². The molecule has 2 atom stereocenters. The molecule has 1 fully saturated rings. The standard InChI is InChI=1S/C22H19F4N5O/c1-12-15(5-3-6-16(12)22(24,25)26)21(32)31-14-4-2-7-18(31)20-29-28-19(30(20)11-14)17-9-8-13(23)10-27-17/h3,5-6,8-10,14,18H,2,4,7,11H2,1H3. The average molecular weight is 445 g/mol. The number of pyridine rings is 1. The molecule has 0 aliphatic carbocycles. The molecule has 2 unspecified atom stereocenters. The molecule has 2 aliphatic rings. The van der Waals surface area contributed by atoms with Gasteiger partial charge < -0.3 is 9.47 Å². The van der Waals surface area contributed by atoms with Crippen molar-refractivity contribution in [3.63, 3.8) is 0 Å². The number of amides is 1. The number of piperidine rings is 1. The quantitative estimate of drug-likeness (QED) is 0.543. The van der Waals surface area contributed by atoms with E-state index >= 15 is 0 Å². The molecular formula is C22H19F4N5O. The first-order valence-corrected chi connectivity index (χ1v) is 10.3. The zero-order valence-corrected chi connectivity index (χ0v) is 17.1. The van der Waals surface area contributed by atoms with Gasteiger partial charge in [-0.05, 0) is 56.0 Å². The molecule has 6 nitrogen and oxygen atoms in total. The minimum absolute atomic E-state index is 0.0464. The molecule has 2 aliphatic heterocycles. The maximum atomic E-state index is 13.5. The van der Waals surface area contributed by atoms with Crippen molar-refractivity contribution in [1.82, 2.24) is 24.6 Å². The van der Waals surface area contributed by atoms with E-state index in [9.17, 15) is 22.4 Å². The summed E-state index contributed by atoms with van der Waals surface area (Å²) >= 11 is 0. The second-order valence-corrected chi connectivity index (χ2v) is 8.14. The number of alkyl halides is 3. The van der Waals surface area contributed by atoms with Crippen LogP contribution in [-0.4, -0.2) is 36.6 Å². The van der Waals surface area contributed by atoms with Gasteiger partial charge in [-0.3, -0.25) is 4.79 Å². The summed E-state index contributed by atoms with van der Waals surface area (Å²) in [6.45, 7) is 1.73. The molecule has 1 aromatic carbocycles. The molecule has 1 saturated heterocycles. The van der Waals surface area contributed by atoms with E-state index in [1.54, 1.807) is 4.90 Å². The van der Waals surface area contributed by atoms with Crippen LogP contribution in [0.25, 0.3) is 11.5 Å². The van der Waals surface area contributed by atoms with E-state index in [-0.39, 0.29) is 17.2 Å². The van der Waals surface area contributed by atoms with E-state index in [1.807, 2.05) is 4.57 Å². The van der Waals surface area contributed by atoms with Gasteiger partial charge in [0.15, 0.2) is 11.6 Å². The fourth-order valence-corrected chi connectivity index (χ4v) is 4.78. The highest BCUT2D eigenvalue weighted by Crippen LogP contribution is 2.41. The molecule has 10 heteroatoms. The summed E-state index contributed by atoms with van der Waals surface area (Å²) in [7, 11) is 0. The Bertz CT molecular complexity index is 1190. The lowest BCUT2D eigenvalue weighted by Gasteiger charge is -2.46. The fraction of sp³-hybridized carbons (Fsp3) is 0.364. The minimum Gasteiger partial charge on any atom is -0.324 e. The van der Waals surface area contributed by atoms with Crippen molar-refractivity contribution in [2.24, 2.45) is 0 Å². The third-order valence-corrected chi connectivity index (χ3v) is 6.28. The summed E-state index contributed by atoms with van der Waals surface area (Å²) in [5, 5.41) is 8.52. The molecule has 32 heavy (non-hydrogen) atoms. The maximum Gasteiger partial charge on any atom is 0.416 e. The van der Waals surface area contributed by atoms with E-state index in [2.05, 4.69) is 15.2 Å². The maximum absolute atomic E-state index is 13.5. The zero-order valence-electron chi connectivity index (χ0n) is 17.1. The number of carbonyl (C=O) groups is 1. The molecule has 166 valence electrons. The predicted octanol–water partition coefficient (Wildman–Crippen LogP) is 4.56. The SMILES string of the molecule is Cc1c(C(=O)N2C3CCCC2c2nnc(-c4ccc(F)cn4)n2C3)cccc1C(F)(F)F. The molecule has 2 aromatic heterocycles. The third kappa shape index (κ3) is 3.25. The molecule has 3 aromatic rings. The lowest BCUT2D eigenvalue weighted by atomic mass is 9.90. The van der Waals surface area contributed by atoms with Gasteiger partial charge in [0.05, 0.1) is 23.8 Å². The Morgan fingerprint density at radius 3 is 2.66 bits per heavy atom. The summed E-state index contributed by atoms with van der Waals surface area (Å²) in [6.07, 6.45) is -1.21.